The predicted octanol–water partition coefficient (Wildman–Crippen LogP) is 4.23. The Morgan fingerprint density at radius 3 is 2.56 bits per heavy atom. The minimum atomic E-state index is -3.03. The molecule has 2 aliphatic rings. The lowest BCUT2D eigenvalue weighted by Crippen LogP contribution is -2.39. The Morgan fingerprint density at radius 1 is 1.11 bits per heavy atom. The van der Waals surface area contributed by atoms with Gasteiger partial charge in [0.15, 0.2) is 15.0 Å². The molecule has 4 nitrogen and oxygen atoms in total. The van der Waals surface area contributed by atoms with Crippen molar-refractivity contribution in [3.8, 4) is 0 Å². The van der Waals surface area contributed by atoms with Gasteiger partial charge in [0.1, 0.15) is 0 Å². The van der Waals surface area contributed by atoms with Gasteiger partial charge in [-0.3, -0.25) is 4.99 Å². The molecule has 0 unspecified atom stereocenters. The third-order valence-corrected chi connectivity index (χ3v) is 8.15. The summed E-state index contributed by atoms with van der Waals surface area (Å²) in [6.45, 7) is 4.16. The number of rotatable bonds is 3. The molecule has 27 heavy (non-hydrogen) atoms. The number of anilines is 1. The first-order chi connectivity index (χ1) is 12.8. The standard InChI is InChI=1S/C20H21ClN2O2S2/c1-13-3-8-17(9-14(13)2)23-19-12-27(24,25)11-18(19)22-20(23)26-10-15-4-6-16(21)7-5-15/h3-9,18-19H,10-12H2,1-2H3/t18-,19+/m1/s1. The number of thioether (sulfide) groups is 1. The molecule has 0 aliphatic carbocycles. The maximum atomic E-state index is 12.1. The van der Waals surface area contributed by atoms with E-state index in [2.05, 4.69) is 36.9 Å². The van der Waals surface area contributed by atoms with Crippen molar-refractivity contribution < 1.29 is 8.42 Å². The van der Waals surface area contributed by atoms with E-state index >= 15 is 0 Å². The van der Waals surface area contributed by atoms with Crippen molar-refractivity contribution in [3.05, 3.63) is 64.2 Å². The molecule has 1 fully saturated rings. The van der Waals surface area contributed by atoms with Gasteiger partial charge >= 0.3 is 0 Å². The first-order valence-corrected chi connectivity index (χ1v) is 12.0. The molecule has 0 bridgehead atoms. The lowest BCUT2D eigenvalue weighted by Gasteiger charge is -2.27. The van der Waals surface area contributed by atoms with Crippen LogP contribution in [0.25, 0.3) is 0 Å². The maximum absolute atomic E-state index is 12.1. The largest absolute Gasteiger partial charge is 0.315 e. The van der Waals surface area contributed by atoms with Gasteiger partial charge in [-0.2, -0.15) is 0 Å². The molecule has 7 heteroatoms. The molecule has 2 heterocycles. The van der Waals surface area contributed by atoms with Gasteiger partial charge < -0.3 is 4.90 Å². The van der Waals surface area contributed by atoms with Crippen LogP contribution < -0.4 is 4.90 Å². The Morgan fingerprint density at radius 2 is 1.85 bits per heavy atom. The van der Waals surface area contributed by atoms with Gasteiger partial charge in [-0.1, -0.05) is 41.6 Å². The van der Waals surface area contributed by atoms with Gasteiger partial charge in [0.25, 0.3) is 0 Å². The summed E-state index contributed by atoms with van der Waals surface area (Å²) < 4.78 is 24.3. The van der Waals surface area contributed by atoms with Crippen molar-refractivity contribution >= 4 is 44.1 Å². The van der Waals surface area contributed by atoms with E-state index < -0.39 is 9.84 Å². The molecule has 142 valence electrons. The second kappa shape index (κ2) is 7.15. The van der Waals surface area contributed by atoms with Crippen molar-refractivity contribution in [1.82, 2.24) is 0 Å². The SMILES string of the molecule is Cc1ccc(N2C(SCc3ccc(Cl)cc3)=N[C@@H]3CS(=O)(=O)C[C@@H]32)cc1C. The fraction of sp³-hybridized carbons (Fsp3) is 0.350. The van der Waals surface area contributed by atoms with Crippen molar-refractivity contribution in [2.45, 2.75) is 31.7 Å². The number of halogens is 1. The number of sulfone groups is 1. The Balaban J connectivity index is 1.63. The van der Waals surface area contributed by atoms with Crippen LogP contribution in [0.5, 0.6) is 0 Å². The van der Waals surface area contributed by atoms with E-state index in [9.17, 15) is 8.42 Å². The molecule has 0 amide bonds. The second-order valence-corrected chi connectivity index (χ2v) is 10.7. The molecule has 1 saturated heterocycles. The molecule has 2 aromatic rings. The Hall–Kier alpha value is -1.50. The van der Waals surface area contributed by atoms with Gasteiger partial charge in [0, 0.05) is 16.5 Å². The van der Waals surface area contributed by atoms with E-state index in [1.54, 1.807) is 11.8 Å². The van der Waals surface area contributed by atoms with Gasteiger partial charge in [0.05, 0.1) is 23.6 Å². The molecule has 0 N–H and O–H groups in total. The van der Waals surface area contributed by atoms with E-state index in [-0.39, 0.29) is 23.6 Å². The zero-order chi connectivity index (χ0) is 19.2. The molecule has 0 radical (unpaired) electrons. The Kier molecular flexibility index (Phi) is 4.99. The highest BCUT2D eigenvalue weighted by Crippen LogP contribution is 2.36. The van der Waals surface area contributed by atoms with Crippen molar-refractivity contribution in [2.24, 2.45) is 4.99 Å². The van der Waals surface area contributed by atoms with Gasteiger partial charge in [-0.15, -0.1) is 0 Å². The third kappa shape index (κ3) is 3.89. The summed E-state index contributed by atoms with van der Waals surface area (Å²) in [7, 11) is -3.03. The summed E-state index contributed by atoms with van der Waals surface area (Å²) in [5.74, 6) is 1.08. The van der Waals surface area contributed by atoms with Crippen LogP contribution in [-0.2, 0) is 15.6 Å². The van der Waals surface area contributed by atoms with E-state index in [1.807, 2.05) is 24.3 Å². The topological polar surface area (TPSA) is 49.7 Å². The number of nitrogens with zero attached hydrogens (tertiary/aromatic N) is 2. The number of aryl methyl sites for hydroxylation is 2. The summed E-state index contributed by atoms with van der Waals surface area (Å²) in [4.78, 5) is 6.92. The van der Waals surface area contributed by atoms with E-state index in [0.29, 0.717) is 0 Å². The molecule has 2 aromatic carbocycles. The summed E-state index contributed by atoms with van der Waals surface area (Å²) in [6.07, 6.45) is 0. The first kappa shape index (κ1) is 18.8. The molecule has 0 saturated carbocycles. The number of hydrogen-bond acceptors (Lipinski definition) is 5. The molecule has 0 spiro atoms. The first-order valence-electron chi connectivity index (χ1n) is 8.84. The average molecular weight is 421 g/mol. The molecule has 2 atom stereocenters. The third-order valence-electron chi connectivity index (χ3n) is 5.16. The van der Waals surface area contributed by atoms with Crippen LogP contribution in [0.2, 0.25) is 5.02 Å². The van der Waals surface area contributed by atoms with Gasteiger partial charge in [0.2, 0.25) is 0 Å². The number of hydrogen-bond donors (Lipinski definition) is 0. The quantitative estimate of drug-likeness (QED) is 0.745. The number of aliphatic imine (C=N–C) groups is 1. The van der Waals surface area contributed by atoms with Crippen LogP contribution >= 0.6 is 23.4 Å². The monoisotopic (exact) mass is 420 g/mol. The summed E-state index contributed by atoms with van der Waals surface area (Å²) >= 11 is 7.62. The zero-order valence-electron chi connectivity index (χ0n) is 15.2. The van der Waals surface area contributed by atoms with Crippen LogP contribution in [-0.4, -0.2) is 37.2 Å². The van der Waals surface area contributed by atoms with Crippen LogP contribution in [0.3, 0.4) is 0 Å². The lowest BCUT2D eigenvalue weighted by molar-refractivity contribution is 0.601. The summed E-state index contributed by atoms with van der Waals surface area (Å²) in [6, 6.07) is 13.8. The number of amidine groups is 1. The second-order valence-electron chi connectivity index (χ2n) is 7.18. The van der Waals surface area contributed by atoms with Gasteiger partial charge in [-0.05, 0) is 54.8 Å². The Bertz CT molecular complexity index is 1000. The average Bonchev–Trinajstić information content (AvgIpc) is 3.08. The molecule has 2 aliphatic heterocycles. The summed E-state index contributed by atoms with van der Waals surface area (Å²) in [5, 5.41) is 1.62. The maximum Gasteiger partial charge on any atom is 0.164 e. The highest BCUT2D eigenvalue weighted by atomic mass is 35.5. The molecule has 0 aromatic heterocycles. The fourth-order valence-electron chi connectivity index (χ4n) is 3.54. The molecular weight excluding hydrogens is 400 g/mol. The van der Waals surface area contributed by atoms with E-state index in [4.69, 9.17) is 16.6 Å². The lowest BCUT2D eigenvalue weighted by atomic mass is 10.1. The zero-order valence-corrected chi connectivity index (χ0v) is 17.6. The van der Waals surface area contributed by atoms with E-state index in [0.717, 1.165) is 27.2 Å². The van der Waals surface area contributed by atoms with Crippen LogP contribution in [0, 0.1) is 13.8 Å². The van der Waals surface area contributed by atoms with E-state index in [1.165, 1.54) is 11.1 Å². The highest BCUT2D eigenvalue weighted by molar-refractivity contribution is 8.13. The minimum Gasteiger partial charge on any atom is -0.315 e. The van der Waals surface area contributed by atoms with Crippen molar-refractivity contribution in [3.63, 3.8) is 0 Å². The molecule has 4 rings (SSSR count). The highest BCUT2D eigenvalue weighted by Gasteiger charge is 2.47. The predicted molar refractivity (Wildman–Crippen MR) is 115 cm³/mol. The number of fused-ring (bicyclic) bond motifs is 1. The van der Waals surface area contributed by atoms with Crippen LogP contribution in [0.1, 0.15) is 16.7 Å². The normalized spacial score (nSPS) is 23.4. The smallest absolute Gasteiger partial charge is 0.164 e. The van der Waals surface area contributed by atoms with Crippen LogP contribution in [0.15, 0.2) is 47.5 Å². The fourth-order valence-corrected chi connectivity index (χ4v) is 6.59. The Labute approximate surface area is 169 Å². The number of benzene rings is 2. The molecular formula is C20H21ClN2O2S2. The van der Waals surface area contributed by atoms with Gasteiger partial charge in [-0.25, -0.2) is 8.42 Å². The summed E-state index contributed by atoms with van der Waals surface area (Å²) in [5.41, 5.74) is 4.60. The van der Waals surface area contributed by atoms with Crippen molar-refractivity contribution in [1.29, 1.82) is 0 Å². The minimum absolute atomic E-state index is 0.107. The van der Waals surface area contributed by atoms with Crippen molar-refractivity contribution in [2.75, 3.05) is 16.4 Å². The van der Waals surface area contributed by atoms with Crippen LogP contribution in [0.4, 0.5) is 5.69 Å².